The van der Waals surface area contributed by atoms with Gasteiger partial charge in [-0.1, -0.05) is 42.5 Å². The molecular formula is C24H18N4O2. The Morgan fingerprint density at radius 1 is 1.00 bits per heavy atom. The monoisotopic (exact) mass is 394 g/mol. The molecule has 0 amide bonds. The number of pyridine rings is 1. The molecule has 0 radical (unpaired) electrons. The van der Waals surface area contributed by atoms with Crippen LogP contribution in [0.1, 0.15) is 22.3 Å². The van der Waals surface area contributed by atoms with Crippen molar-refractivity contribution in [3.8, 4) is 22.7 Å². The van der Waals surface area contributed by atoms with Gasteiger partial charge in [-0.3, -0.25) is 9.79 Å². The van der Waals surface area contributed by atoms with Gasteiger partial charge in [0.25, 0.3) is 0 Å². The molecule has 30 heavy (non-hydrogen) atoms. The van der Waals surface area contributed by atoms with Gasteiger partial charge in [0.1, 0.15) is 18.0 Å². The largest absolute Gasteiger partial charge is 0.489 e. The van der Waals surface area contributed by atoms with Crippen LogP contribution in [0.2, 0.25) is 0 Å². The molecule has 0 fully saturated rings. The number of ketones is 1. The summed E-state index contributed by atoms with van der Waals surface area (Å²) in [4.78, 5) is 20.9. The van der Waals surface area contributed by atoms with Gasteiger partial charge in [-0.2, -0.15) is 5.10 Å². The lowest BCUT2D eigenvalue weighted by molar-refractivity contribution is 0.100. The highest BCUT2D eigenvalue weighted by molar-refractivity contribution is 6.10. The average Bonchev–Trinajstić information content (AvgIpc) is 3.29. The number of Topliss-reactive ketones (excluding diaryl/α,β-unsaturated/α-hetero) is 1. The van der Waals surface area contributed by atoms with E-state index in [2.05, 4.69) is 15.1 Å². The Morgan fingerprint density at radius 3 is 2.80 bits per heavy atom. The molecule has 4 aromatic rings. The van der Waals surface area contributed by atoms with Gasteiger partial charge in [-0.15, -0.1) is 0 Å². The van der Waals surface area contributed by atoms with Crippen LogP contribution in [0.25, 0.3) is 16.9 Å². The first-order chi connectivity index (χ1) is 14.8. The quantitative estimate of drug-likeness (QED) is 0.487. The van der Waals surface area contributed by atoms with Crippen molar-refractivity contribution in [2.45, 2.75) is 13.0 Å². The molecule has 5 rings (SSSR count). The smallest absolute Gasteiger partial charge is 0.180 e. The van der Waals surface area contributed by atoms with E-state index >= 15 is 0 Å². The molecule has 0 atom stereocenters. The van der Waals surface area contributed by atoms with Gasteiger partial charge >= 0.3 is 0 Å². The van der Waals surface area contributed by atoms with Crippen LogP contribution in [0.15, 0.2) is 84.2 Å². The molecule has 6 heteroatoms. The van der Waals surface area contributed by atoms with Gasteiger partial charge in [-0.25, -0.2) is 9.67 Å². The highest BCUT2D eigenvalue weighted by Gasteiger charge is 2.19. The average molecular weight is 394 g/mol. The third kappa shape index (κ3) is 3.51. The van der Waals surface area contributed by atoms with Crippen molar-refractivity contribution in [3.05, 3.63) is 90.4 Å². The van der Waals surface area contributed by atoms with E-state index in [1.165, 1.54) is 0 Å². The van der Waals surface area contributed by atoms with Crippen LogP contribution >= 0.6 is 0 Å². The zero-order valence-electron chi connectivity index (χ0n) is 16.1. The number of carbonyl (C=O) groups excluding carboxylic acids is 1. The zero-order chi connectivity index (χ0) is 20.3. The molecule has 0 saturated carbocycles. The predicted molar refractivity (Wildman–Crippen MR) is 115 cm³/mol. The summed E-state index contributed by atoms with van der Waals surface area (Å²) >= 11 is 0. The maximum absolute atomic E-state index is 12.1. The molecule has 0 aliphatic carbocycles. The number of benzene rings is 2. The predicted octanol–water partition coefficient (Wildman–Crippen LogP) is 4.80. The highest BCUT2D eigenvalue weighted by Crippen LogP contribution is 2.31. The van der Waals surface area contributed by atoms with Crippen molar-refractivity contribution in [3.63, 3.8) is 0 Å². The number of aliphatic imine (C=N–C) groups is 1. The number of nitrogens with zero attached hydrogens (tertiary/aromatic N) is 4. The van der Waals surface area contributed by atoms with Gasteiger partial charge in [0.2, 0.25) is 0 Å². The molecule has 0 saturated heterocycles. The molecule has 1 aliphatic heterocycles. The normalized spacial score (nSPS) is 12.6. The molecule has 0 bridgehead atoms. The maximum Gasteiger partial charge on any atom is 0.180 e. The molecule has 2 aromatic carbocycles. The van der Waals surface area contributed by atoms with Crippen LogP contribution in [0, 0.1) is 0 Å². The lowest BCUT2D eigenvalue weighted by Crippen LogP contribution is -2.08. The summed E-state index contributed by atoms with van der Waals surface area (Å²) in [5.41, 5.74) is 4.16. The van der Waals surface area contributed by atoms with E-state index in [1.54, 1.807) is 29.4 Å². The summed E-state index contributed by atoms with van der Waals surface area (Å²) in [6.45, 7) is 0.510. The molecule has 1 aliphatic rings. The van der Waals surface area contributed by atoms with E-state index in [1.807, 2.05) is 60.8 Å². The topological polar surface area (TPSA) is 69.4 Å². The summed E-state index contributed by atoms with van der Waals surface area (Å²) in [6.07, 6.45) is 7.20. The third-order valence-corrected chi connectivity index (χ3v) is 4.92. The van der Waals surface area contributed by atoms with Crippen molar-refractivity contribution in [1.29, 1.82) is 0 Å². The summed E-state index contributed by atoms with van der Waals surface area (Å²) < 4.78 is 7.59. The molecule has 0 N–H and O–H groups in total. The summed E-state index contributed by atoms with van der Waals surface area (Å²) in [6, 6.07) is 19.6. The molecule has 0 unspecified atom stereocenters. The number of hydrogen-bond acceptors (Lipinski definition) is 5. The second-order valence-corrected chi connectivity index (χ2v) is 6.95. The molecule has 2 aromatic heterocycles. The Hall–Kier alpha value is -4.06. The van der Waals surface area contributed by atoms with E-state index in [0.29, 0.717) is 30.1 Å². The maximum atomic E-state index is 12.1. The number of ether oxygens (including phenoxy) is 1. The fraction of sp³-hybridized carbons (Fsp3) is 0.0833. The van der Waals surface area contributed by atoms with Crippen molar-refractivity contribution in [1.82, 2.24) is 14.8 Å². The second kappa shape index (κ2) is 7.75. The molecular weight excluding hydrogens is 376 g/mol. The third-order valence-electron chi connectivity index (χ3n) is 4.92. The van der Waals surface area contributed by atoms with Crippen LogP contribution < -0.4 is 4.74 Å². The summed E-state index contributed by atoms with van der Waals surface area (Å²) in [5, 5.41) is 4.45. The van der Waals surface area contributed by atoms with Crippen molar-refractivity contribution >= 4 is 17.7 Å². The van der Waals surface area contributed by atoms with Gasteiger partial charge in [0, 0.05) is 36.2 Å². The Morgan fingerprint density at radius 2 is 1.90 bits per heavy atom. The Balaban J connectivity index is 1.41. The minimum absolute atomic E-state index is 0.0410. The van der Waals surface area contributed by atoms with Crippen LogP contribution in [0.3, 0.4) is 0 Å². The van der Waals surface area contributed by atoms with E-state index in [0.717, 1.165) is 22.4 Å². The fourth-order valence-corrected chi connectivity index (χ4v) is 3.39. The SMILES string of the molecule is O=C1CC=Nc2c1ccnc2-n1cc(-c2cccc(OCc3ccccc3)c2)cn1. The number of hydrogen-bond donors (Lipinski definition) is 0. The lowest BCUT2D eigenvalue weighted by Gasteiger charge is -2.11. The second-order valence-electron chi connectivity index (χ2n) is 6.95. The number of carbonyl (C=O) groups is 1. The minimum Gasteiger partial charge on any atom is -0.489 e. The Labute approximate surface area is 173 Å². The van der Waals surface area contributed by atoms with Crippen LogP contribution in [0.4, 0.5) is 5.69 Å². The Bertz CT molecular complexity index is 1250. The number of rotatable bonds is 5. The minimum atomic E-state index is 0.0410. The van der Waals surface area contributed by atoms with Gasteiger partial charge in [0.05, 0.1) is 6.20 Å². The van der Waals surface area contributed by atoms with Crippen molar-refractivity contribution < 1.29 is 9.53 Å². The molecule has 0 spiro atoms. The van der Waals surface area contributed by atoms with E-state index in [9.17, 15) is 4.79 Å². The van der Waals surface area contributed by atoms with Crippen LogP contribution in [0.5, 0.6) is 5.75 Å². The van der Waals surface area contributed by atoms with Gasteiger partial charge in [-0.05, 0) is 29.3 Å². The van der Waals surface area contributed by atoms with E-state index < -0.39 is 0 Å². The Kier molecular flexibility index (Phi) is 4.65. The first-order valence-corrected chi connectivity index (χ1v) is 9.65. The molecule has 146 valence electrons. The van der Waals surface area contributed by atoms with E-state index in [4.69, 9.17) is 4.74 Å². The van der Waals surface area contributed by atoms with Crippen molar-refractivity contribution in [2.75, 3.05) is 0 Å². The first-order valence-electron chi connectivity index (χ1n) is 9.65. The molecule has 6 nitrogen and oxygen atoms in total. The lowest BCUT2D eigenvalue weighted by atomic mass is 10.1. The summed E-state index contributed by atoms with van der Waals surface area (Å²) in [7, 11) is 0. The summed E-state index contributed by atoms with van der Waals surface area (Å²) in [5.74, 6) is 1.37. The standard InChI is InChI=1S/C24H18N4O2/c29-22-10-12-25-23-21(22)9-11-26-24(23)28-15-19(14-27-28)18-7-4-8-20(13-18)30-16-17-5-2-1-3-6-17/h1-9,11-15H,10,16H2. The zero-order valence-corrected chi connectivity index (χ0v) is 16.1. The van der Waals surface area contributed by atoms with Gasteiger partial charge < -0.3 is 4.74 Å². The first kappa shape index (κ1) is 18.0. The van der Waals surface area contributed by atoms with Gasteiger partial charge in [0.15, 0.2) is 11.6 Å². The number of aromatic nitrogens is 3. The highest BCUT2D eigenvalue weighted by atomic mass is 16.5. The number of fused-ring (bicyclic) bond motifs is 1. The van der Waals surface area contributed by atoms with Crippen molar-refractivity contribution in [2.24, 2.45) is 4.99 Å². The van der Waals surface area contributed by atoms with Crippen LogP contribution in [-0.4, -0.2) is 26.8 Å². The van der Waals surface area contributed by atoms with E-state index in [-0.39, 0.29) is 5.78 Å². The molecule has 3 heterocycles. The fourth-order valence-electron chi connectivity index (χ4n) is 3.39. The van der Waals surface area contributed by atoms with Crippen LogP contribution in [-0.2, 0) is 6.61 Å².